The van der Waals surface area contributed by atoms with E-state index in [-0.39, 0.29) is 6.54 Å². The summed E-state index contributed by atoms with van der Waals surface area (Å²) in [4.78, 5) is 21.9. The molecule has 2 unspecified atom stereocenters. The highest BCUT2D eigenvalue weighted by Crippen LogP contribution is 2.15. The van der Waals surface area contributed by atoms with Gasteiger partial charge < -0.3 is 15.1 Å². The monoisotopic (exact) mass is 172 g/mol. The van der Waals surface area contributed by atoms with E-state index in [1.54, 1.807) is 6.41 Å². The molecule has 1 heterocycles. The Hall–Kier alpha value is -1.10. The zero-order chi connectivity index (χ0) is 9.14. The molecule has 1 rings (SSSR count). The number of carboxylic acid groups (broad SMARTS) is 1. The molecule has 2 atom stereocenters. The summed E-state index contributed by atoms with van der Waals surface area (Å²) in [5, 5.41) is 17.8. The molecule has 1 saturated heterocycles. The molecule has 0 aliphatic carbocycles. The molecule has 0 aromatic carbocycles. The summed E-state index contributed by atoms with van der Waals surface area (Å²) < 4.78 is 0. The zero-order valence-electron chi connectivity index (χ0n) is 6.43. The topological polar surface area (TPSA) is 77.8 Å². The smallest absolute Gasteiger partial charge is 0.312 e. The molecule has 12 heavy (non-hydrogen) atoms. The normalized spacial score (nSPS) is 29.9. The molecular formula is C7H10NO4. The van der Waals surface area contributed by atoms with Crippen LogP contribution in [0.25, 0.3) is 0 Å². The first-order valence-corrected chi connectivity index (χ1v) is 3.68. The lowest BCUT2D eigenvalue weighted by atomic mass is 9.95. The number of carbonyl (C=O) groups is 1. The second kappa shape index (κ2) is 3.53. The van der Waals surface area contributed by atoms with E-state index in [1.807, 2.05) is 0 Å². The van der Waals surface area contributed by atoms with Crippen molar-refractivity contribution in [2.45, 2.75) is 12.5 Å². The lowest BCUT2D eigenvalue weighted by Crippen LogP contribution is -2.45. The van der Waals surface area contributed by atoms with Crippen LogP contribution in [0, 0.1) is 5.92 Å². The number of aliphatic carboxylic acids is 1. The maximum Gasteiger partial charge on any atom is 0.312 e. The van der Waals surface area contributed by atoms with Gasteiger partial charge in [-0.25, -0.2) is 0 Å². The third-order valence-corrected chi connectivity index (χ3v) is 2.02. The van der Waals surface area contributed by atoms with E-state index in [2.05, 4.69) is 0 Å². The molecule has 1 aliphatic rings. The number of hydrogen-bond donors (Lipinski definition) is 2. The van der Waals surface area contributed by atoms with Gasteiger partial charge in [0.15, 0.2) is 0 Å². The second-order valence-electron chi connectivity index (χ2n) is 2.84. The van der Waals surface area contributed by atoms with Crippen molar-refractivity contribution < 1.29 is 19.8 Å². The number of piperidine rings is 1. The molecule has 0 bridgehead atoms. The minimum absolute atomic E-state index is 0.0556. The van der Waals surface area contributed by atoms with Crippen molar-refractivity contribution in [2.24, 2.45) is 5.92 Å². The van der Waals surface area contributed by atoms with Crippen molar-refractivity contribution in [1.82, 2.24) is 4.90 Å². The molecule has 0 aromatic rings. The lowest BCUT2D eigenvalue weighted by Gasteiger charge is -2.30. The summed E-state index contributed by atoms with van der Waals surface area (Å²) in [6.07, 6.45) is 1.09. The van der Waals surface area contributed by atoms with Crippen molar-refractivity contribution in [3.8, 4) is 0 Å². The third kappa shape index (κ3) is 1.73. The van der Waals surface area contributed by atoms with Gasteiger partial charge >= 0.3 is 12.4 Å². The van der Waals surface area contributed by atoms with Crippen LogP contribution in [0.3, 0.4) is 0 Å². The highest BCUT2D eigenvalue weighted by Gasteiger charge is 2.32. The quantitative estimate of drug-likeness (QED) is 0.549. The largest absolute Gasteiger partial charge is 0.481 e. The summed E-state index contributed by atoms with van der Waals surface area (Å²) in [6, 6.07) is 0. The SMILES string of the molecule is O=[C]N1CCC(O)C(C(=O)O)C1. The molecule has 67 valence electrons. The van der Waals surface area contributed by atoms with Crippen LogP contribution in [-0.2, 0) is 9.59 Å². The molecule has 5 nitrogen and oxygen atoms in total. The highest BCUT2D eigenvalue weighted by molar-refractivity contribution is 5.71. The molecule has 5 heteroatoms. The Morgan fingerprint density at radius 2 is 2.25 bits per heavy atom. The Labute approximate surface area is 69.6 Å². The van der Waals surface area contributed by atoms with Crippen LogP contribution in [-0.4, -0.2) is 46.7 Å². The number of aliphatic hydroxyl groups excluding tert-OH is 1. The van der Waals surface area contributed by atoms with Crippen molar-refractivity contribution in [3.05, 3.63) is 0 Å². The van der Waals surface area contributed by atoms with Gasteiger partial charge in [0.25, 0.3) is 0 Å². The van der Waals surface area contributed by atoms with Gasteiger partial charge in [-0.3, -0.25) is 9.59 Å². The van der Waals surface area contributed by atoms with Crippen LogP contribution < -0.4 is 0 Å². The summed E-state index contributed by atoms with van der Waals surface area (Å²) in [6.45, 7) is 0.439. The predicted octanol–water partition coefficient (Wildman–Crippen LogP) is -1.18. The molecule has 0 saturated carbocycles. The molecule has 0 aromatic heterocycles. The van der Waals surface area contributed by atoms with E-state index < -0.39 is 18.0 Å². The minimum Gasteiger partial charge on any atom is -0.481 e. The minimum atomic E-state index is -1.07. The van der Waals surface area contributed by atoms with Crippen molar-refractivity contribution >= 4 is 12.4 Å². The number of likely N-dealkylation sites (tertiary alicyclic amines) is 1. The number of nitrogens with zero attached hydrogens (tertiary/aromatic N) is 1. The number of rotatable bonds is 2. The van der Waals surface area contributed by atoms with Crippen LogP contribution in [0.4, 0.5) is 0 Å². The Bertz CT molecular complexity index is 194. The fourth-order valence-corrected chi connectivity index (χ4v) is 1.27. The first-order chi connectivity index (χ1) is 5.65. The summed E-state index contributed by atoms with van der Waals surface area (Å²) in [5.41, 5.74) is 0. The second-order valence-corrected chi connectivity index (χ2v) is 2.84. The van der Waals surface area contributed by atoms with E-state index in [0.717, 1.165) is 0 Å². The van der Waals surface area contributed by atoms with E-state index in [4.69, 9.17) is 5.11 Å². The highest BCUT2D eigenvalue weighted by atomic mass is 16.4. The number of hydrogen-bond acceptors (Lipinski definition) is 3. The Morgan fingerprint density at radius 3 is 2.75 bits per heavy atom. The maximum absolute atomic E-state index is 10.5. The molecular weight excluding hydrogens is 162 g/mol. The van der Waals surface area contributed by atoms with Gasteiger partial charge in [0, 0.05) is 13.1 Å². The lowest BCUT2D eigenvalue weighted by molar-refractivity contribution is -0.147. The van der Waals surface area contributed by atoms with Crippen molar-refractivity contribution in [1.29, 1.82) is 0 Å². The van der Waals surface area contributed by atoms with Gasteiger partial charge in [0.1, 0.15) is 5.92 Å². The van der Waals surface area contributed by atoms with E-state index >= 15 is 0 Å². The van der Waals surface area contributed by atoms with Crippen LogP contribution in [0.5, 0.6) is 0 Å². The first-order valence-electron chi connectivity index (χ1n) is 3.68. The average molecular weight is 172 g/mol. The molecule has 0 spiro atoms. The van der Waals surface area contributed by atoms with Gasteiger partial charge in [-0.15, -0.1) is 0 Å². The van der Waals surface area contributed by atoms with Crippen LogP contribution in [0.15, 0.2) is 0 Å². The maximum atomic E-state index is 10.5. The van der Waals surface area contributed by atoms with E-state index in [0.29, 0.717) is 13.0 Å². The molecule has 1 amide bonds. The van der Waals surface area contributed by atoms with Crippen molar-refractivity contribution in [3.63, 3.8) is 0 Å². The third-order valence-electron chi connectivity index (χ3n) is 2.02. The zero-order valence-corrected chi connectivity index (χ0v) is 6.43. The fraction of sp³-hybridized carbons (Fsp3) is 0.714. The van der Waals surface area contributed by atoms with E-state index in [1.165, 1.54) is 4.90 Å². The number of aliphatic hydroxyl groups is 1. The molecule has 1 aliphatic heterocycles. The average Bonchev–Trinajstić information content (AvgIpc) is 2.05. The fourth-order valence-electron chi connectivity index (χ4n) is 1.27. The van der Waals surface area contributed by atoms with Crippen LogP contribution >= 0.6 is 0 Å². The Kier molecular flexibility index (Phi) is 2.65. The van der Waals surface area contributed by atoms with Crippen molar-refractivity contribution in [2.75, 3.05) is 13.1 Å². The predicted molar refractivity (Wildman–Crippen MR) is 39.0 cm³/mol. The number of carbonyl (C=O) groups excluding carboxylic acids is 1. The summed E-state index contributed by atoms with van der Waals surface area (Å²) >= 11 is 0. The van der Waals surface area contributed by atoms with Gasteiger partial charge in [0.05, 0.1) is 6.10 Å². The molecule has 1 fully saturated rings. The standard InChI is InChI=1S/C7H10NO4/c9-4-8-2-1-6(10)5(3-8)7(11)12/h5-6,10H,1-3H2,(H,11,12). The first kappa shape index (κ1) is 8.99. The molecule has 1 radical (unpaired) electrons. The van der Waals surface area contributed by atoms with E-state index in [9.17, 15) is 14.7 Å². The Balaban J connectivity index is 2.58. The molecule has 2 N–H and O–H groups in total. The Morgan fingerprint density at radius 1 is 1.58 bits per heavy atom. The number of amides is 1. The van der Waals surface area contributed by atoms with Gasteiger partial charge in [-0.05, 0) is 6.42 Å². The van der Waals surface area contributed by atoms with Gasteiger partial charge in [-0.1, -0.05) is 0 Å². The van der Waals surface area contributed by atoms with Gasteiger partial charge in [-0.2, -0.15) is 0 Å². The number of carboxylic acids is 1. The van der Waals surface area contributed by atoms with Crippen LogP contribution in [0.2, 0.25) is 0 Å². The van der Waals surface area contributed by atoms with Gasteiger partial charge in [0.2, 0.25) is 0 Å². The summed E-state index contributed by atoms with van der Waals surface area (Å²) in [5.74, 6) is -1.93. The van der Waals surface area contributed by atoms with Crippen LogP contribution in [0.1, 0.15) is 6.42 Å². The summed E-state index contributed by atoms with van der Waals surface area (Å²) in [7, 11) is 0.